The van der Waals surface area contributed by atoms with E-state index in [2.05, 4.69) is 30.8 Å². The SMILES string of the molecule is COC(=O)C1=C(C(=O)OC)NNN=N1. The second-order valence-corrected chi connectivity index (χ2v) is 2.14. The molecule has 0 spiro atoms. The van der Waals surface area contributed by atoms with E-state index >= 15 is 0 Å². The number of esters is 2. The molecular formula is C6H8N4O4. The first-order valence-electron chi connectivity index (χ1n) is 3.53. The van der Waals surface area contributed by atoms with E-state index in [9.17, 15) is 9.59 Å². The van der Waals surface area contributed by atoms with E-state index in [0.29, 0.717) is 0 Å². The summed E-state index contributed by atoms with van der Waals surface area (Å²) >= 11 is 0. The van der Waals surface area contributed by atoms with Crippen molar-refractivity contribution in [1.29, 1.82) is 0 Å². The van der Waals surface area contributed by atoms with Crippen molar-refractivity contribution in [2.24, 2.45) is 10.3 Å². The van der Waals surface area contributed by atoms with Gasteiger partial charge >= 0.3 is 11.9 Å². The van der Waals surface area contributed by atoms with Gasteiger partial charge in [0, 0.05) is 0 Å². The number of ether oxygens (including phenoxy) is 2. The Labute approximate surface area is 78.9 Å². The molecule has 0 saturated carbocycles. The summed E-state index contributed by atoms with van der Waals surface area (Å²) < 4.78 is 8.79. The minimum atomic E-state index is -0.775. The molecule has 0 unspecified atom stereocenters. The molecule has 0 aliphatic carbocycles. The smallest absolute Gasteiger partial charge is 0.361 e. The van der Waals surface area contributed by atoms with Gasteiger partial charge in [0.25, 0.3) is 0 Å². The van der Waals surface area contributed by atoms with Crippen molar-refractivity contribution < 1.29 is 19.1 Å². The van der Waals surface area contributed by atoms with Gasteiger partial charge in [0.2, 0.25) is 5.70 Å². The number of hydrogen-bond donors (Lipinski definition) is 2. The summed E-state index contributed by atoms with van der Waals surface area (Å²) in [6.07, 6.45) is 0. The maximum absolute atomic E-state index is 11.1. The van der Waals surface area contributed by atoms with Crippen LogP contribution in [0.2, 0.25) is 0 Å². The highest BCUT2D eigenvalue weighted by atomic mass is 16.5. The second kappa shape index (κ2) is 4.21. The largest absolute Gasteiger partial charge is 0.464 e. The zero-order chi connectivity index (χ0) is 10.6. The molecule has 1 aliphatic heterocycles. The van der Waals surface area contributed by atoms with Crippen LogP contribution in [-0.2, 0) is 19.1 Å². The number of hydrogen-bond acceptors (Lipinski definition) is 8. The summed E-state index contributed by atoms with van der Waals surface area (Å²) in [6, 6.07) is 0. The maximum Gasteiger partial charge on any atom is 0.361 e. The molecule has 1 aliphatic rings. The zero-order valence-electron chi connectivity index (χ0n) is 7.53. The lowest BCUT2D eigenvalue weighted by atomic mass is 10.3. The van der Waals surface area contributed by atoms with E-state index in [-0.39, 0.29) is 11.4 Å². The molecule has 0 radical (unpaired) electrons. The number of methoxy groups -OCH3 is 2. The molecule has 0 bridgehead atoms. The summed E-state index contributed by atoms with van der Waals surface area (Å²) in [5.41, 5.74) is 4.15. The fourth-order valence-electron chi connectivity index (χ4n) is 0.754. The van der Waals surface area contributed by atoms with E-state index in [1.54, 1.807) is 0 Å². The molecule has 0 amide bonds. The minimum absolute atomic E-state index is 0.144. The van der Waals surface area contributed by atoms with Crippen LogP contribution in [0.25, 0.3) is 0 Å². The molecule has 1 rings (SSSR count). The number of hydrazine groups is 1. The second-order valence-electron chi connectivity index (χ2n) is 2.14. The van der Waals surface area contributed by atoms with Gasteiger partial charge in [0.15, 0.2) is 5.70 Å². The highest BCUT2D eigenvalue weighted by Gasteiger charge is 2.24. The average Bonchev–Trinajstić information content (AvgIpc) is 2.27. The van der Waals surface area contributed by atoms with E-state index in [4.69, 9.17) is 0 Å². The van der Waals surface area contributed by atoms with Crippen LogP contribution >= 0.6 is 0 Å². The van der Waals surface area contributed by atoms with Crippen molar-refractivity contribution in [2.75, 3.05) is 14.2 Å². The predicted molar refractivity (Wildman–Crippen MR) is 42.2 cm³/mol. The molecule has 8 nitrogen and oxygen atoms in total. The third kappa shape index (κ3) is 1.79. The van der Waals surface area contributed by atoms with Crippen LogP contribution in [0.5, 0.6) is 0 Å². The highest BCUT2D eigenvalue weighted by Crippen LogP contribution is 2.09. The van der Waals surface area contributed by atoms with Gasteiger partial charge in [-0.2, -0.15) is 0 Å². The normalized spacial score (nSPS) is 14.1. The Balaban J connectivity index is 3.03. The van der Waals surface area contributed by atoms with Gasteiger partial charge in [-0.15, -0.1) is 5.11 Å². The summed E-state index contributed by atoms with van der Waals surface area (Å²) in [4.78, 5) is 22.2. The third-order valence-corrected chi connectivity index (χ3v) is 1.39. The maximum atomic E-state index is 11.1. The zero-order valence-corrected chi connectivity index (χ0v) is 7.53. The van der Waals surface area contributed by atoms with Gasteiger partial charge in [-0.25, -0.2) is 15.1 Å². The van der Waals surface area contributed by atoms with Gasteiger partial charge in [-0.3, -0.25) is 5.43 Å². The van der Waals surface area contributed by atoms with E-state index < -0.39 is 11.9 Å². The van der Waals surface area contributed by atoms with Crippen LogP contribution in [0.15, 0.2) is 21.7 Å². The minimum Gasteiger partial charge on any atom is -0.464 e. The lowest BCUT2D eigenvalue weighted by Gasteiger charge is -2.12. The molecule has 0 aromatic carbocycles. The molecule has 0 aromatic rings. The highest BCUT2D eigenvalue weighted by molar-refractivity contribution is 5.99. The summed E-state index contributed by atoms with van der Waals surface area (Å²) in [5.74, 6) is -1.51. The molecule has 8 heteroatoms. The number of carbonyl (C=O) groups excluding carboxylic acids is 2. The van der Waals surface area contributed by atoms with Crippen LogP contribution in [0, 0.1) is 0 Å². The van der Waals surface area contributed by atoms with Crippen molar-refractivity contribution in [3.8, 4) is 0 Å². The molecule has 2 N–H and O–H groups in total. The summed E-state index contributed by atoms with van der Waals surface area (Å²) in [5, 5.41) is 6.70. The van der Waals surface area contributed by atoms with Gasteiger partial charge < -0.3 is 9.47 Å². The van der Waals surface area contributed by atoms with Gasteiger partial charge in [0.1, 0.15) is 0 Å². The van der Waals surface area contributed by atoms with Crippen LogP contribution in [0.3, 0.4) is 0 Å². The first kappa shape index (κ1) is 9.96. The lowest BCUT2D eigenvalue weighted by molar-refractivity contribution is -0.140. The van der Waals surface area contributed by atoms with Crippen LogP contribution in [-0.4, -0.2) is 26.2 Å². The first-order chi connectivity index (χ1) is 6.70. The van der Waals surface area contributed by atoms with E-state index in [1.807, 2.05) is 0 Å². The predicted octanol–water partition coefficient (Wildman–Crippen LogP) is -0.981. The molecule has 0 atom stereocenters. The number of nitrogens with zero attached hydrogens (tertiary/aromatic N) is 2. The standard InChI is InChI=1S/C6H8N4O4/c1-13-5(11)3-4(6(12)14-2)8-10-9-7-3/h1-2H3,(H,7,10)(H,8,9). The summed E-state index contributed by atoms with van der Waals surface area (Å²) in [7, 11) is 2.35. The fourth-order valence-corrected chi connectivity index (χ4v) is 0.754. The Morgan fingerprint density at radius 2 is 1.86 bits per heavy atom. The number of carbonyl (C=O) groups is 2. The molecule has 0 fully saturated rings. The topological polar surface area (TPSA) is 101 Å². The van der Waals surface area contributed by atoms with Gasteiger partial charge in [-0.05, 0) is 0 Å². The summed E-state index contributed by atoms with van der Waals surface area (Å²) in [6.45, 7) is 0. The Bertz CT molecular complexity index is 322. The average molecular weight is 200 g/mol. The monoisotopic (exact) mass is 200 g/mol. The van der Waals surface area contributed by atoms with Gasteiger partial charge in [0.05, 0.1) is 14.2 Å². The van der Waals surface area contributed by atoms with Gasteiger partial charge in [-0.1, -0.05) is 5.22 Å². The Kier molecular flexibility index (Phi) is 3.00. The van der Waals surface area contributed by atoms with Crippen LogP contribution in [0.1, 0.15) is 0 Å². The molecule has 14 heavy (non-hydrogen) atoms. The van der Waals surface area contributed by atoms with Crippen molar-refractivity contribution in [3.63, 3.8) is 0 Å². The molecule has 0 saturated heterocycles. The van der Waals surface area contributed by atoms with Crippen molar-refractivity contribution in [1.82, 2.24) is 11.0 Å². The Morgan fingerprint density at radius 1 is 1.21 bits per heavy atom. The van der Waals surface area contributed by atoms with Crippen LogP contribution < -0.4 is 11.0 Å². The third-order valence-electron chi connectivity index (χ3n) is 1.39. The number of rotatable bonds is 2. The molecular weight excluding hydrogens is 192 g/mol. The molecule has 0 aromatic heterocycles. The van der Waals surface area contributed by atoms with E-state index in [1.165, 1.54) is 14.2 Å². The van der Waals surface area contributed by atoms with Crippen molar-refractivity contribution in [3.05, 3.63) is 11.4 Å². The van der Waals surface area contributed by atoms with Crippen LogP contribution in [0.4, 0.5) is 0 Å². The number of nitrogens with one attached hydrogen (secondary N) is 2. The quantitative estimate of drug-likeness (QED) is 0.555. The Hall–Kier alpha value is -2.12. The Morgan fingerprint density at radius 3 is 2.43 bits per heavy atom. The fraction of sp³-hybridized carbons (Fsp3) is 0.333. The molecule has 76 valence electrons. The lowest BCUT2D eigenvalue weighted by Crippen LogP contribution is -2.35. The molecule has 1 heterocycles. The van der Waals surface area contributed by atoms with Crippen molar-refractivity contribution >= 4 is 11.9 Å². The first-order valence-corrected chi connectivity index (χ1v) is 3.53. The van der Waals surface area contributed by atoms with Crippen molar-refractivity contribution in [2.45, 2.75) is 0 Å². The van der Waals surface area contributed by atoms with E-state index in [0.717, 1.165) is 0 Å².